The van der Waals surface area contributed by atoms with Gasteiger partial charge in [-0.25, -0.2) is 4.39 Å². The zero-order valence-electron chi connectivity index (χ0n) is 20.5. The van der Waals surface area contributed by atoms with Gasteiger partial charge in [0.1, 0.15) is 11.9 Å². The first-order valence-corrected chi connectivity index (χ1v) is 13.3. The minimum Gasteiger partial charge on any atom is -0.322 e. The Bertz CT molecular complexity index is 1230. The normalized spacial score (nSPS) is 23.0. The van der Waals surface area contributed by atoms with Crippen LogP contribution in [0.4, 0.5) is 4.39 Å². The lowest BCUT2D eigenvalue weighted by atomic mass is 9.84. The van der Waals surface area contributed by atoms with Crippen molar-refractivity contribution in [2.24, 2.45) is 0 Å². The number of nitrogens with one attached hydrogen (secondary N) is 1. The highest BCUT2D eigenvalue weighted by atomic mass is 19.1. The smallest absolute Gasteiger partial charge is 0.255 e. The molecule has 0 aromatic heterocycles. The number of nitrogens with zero attached hydrogens (tertiary/aromatic N) is 2. The number of halogens is 1. The van der Waals surface area contributed by atoms with Crippen molar-refractivity contribution in [1.29, 1.82) is 0 Å². The Morgan fingerprint density at radius 1 is 0.944 bits per heavy atom. The number of benzene rings is 2. The summed E-state index contributed by atoms with van der Waals surface area (Å²) in [6.45, 7) is 3.13. The van der Waals surface area contributed by atoms with E-state index >= 15 is 0 Å². The molecule has 2 aromatic carbocycles. The predicted octanol–water partition coefficient (Wildman–Crippen LogP) is 3.85. The van der Waals surface area contributed by atoms with Gasteiger partial charge < -0.3 is 4.90 Å². The first-order valence-electron chi connectivity index (χ1n) is 13.3. The molecule has 2 saturated heterocycles. The quantitative estimate of drug-likeness (QED) is 0.663. The Balaban J connectivity index is 1.17. The molecule has 6 rings (SSSR count). The summed E-state index contributed by atoms with van der Waals surface area (Å²) in [5.74, 6) is -1.28. The summed E-state index contributed by atoms with van der Waals surface area (Å²) in [4.78, 5) is 41.2. The van der Waals surface area contributed by atoms with Gasteiger partial charge in [0, 0.05) is 25.1 Å². The summed E-state index contributed by atoms with van der Waals surface area (Å²) >= 11 is 0. The standard InChI is InChI=1S/C29H32FN3O3/c30-21-14-23(25-17-33(29(36)24(25)15-21)26-8-9-27(34)31-28(26)35)19-10-12-32(13-11-19)16-20-6-3-5-18-4-1-2-7-22(18)20/h3,5-6,14-15,19,26H,1-2,4,7-13,16-17H2,(H,31,34,35). The van der Waals surface area contributed by atoms with Crippen molar-refractivity contribution in [3.8, 4) is 0 Å². The fraction of sp³-hybridized carbons (Fsp3) is 0.483. The molecule has 188 valence electrons. The third-order valence-corrected chi connectivity index (χ3v) is 8.57. The molecule has 1 atom stereocenters. The number of carbonyl (C=O) groups excluding carboxylic acids is 3. The van der Waals surface area contributed by atoms with Gasteiger partial charge in [0.25, 0.3) is 5.91 Å². The van der Waals surface area contributed by atoms with E-state index in [4.69, 9.17) is 0 Å². The largest absolute Gasteiger partial charge is 0.322 e. The minimum absolute atomic E-state index is 0.185. The molecule has 3 aliphatic heterocycles. The van der Waals surface area contributed by atoms with Gasteiger partial charge in [-0.3, -0.25) is 24.6 Å². The number of fused-ring (bicyclic) bond motifs is 2. The maximum absolute atomic E-state index is 14.7. The fourth-order valence-electron chi connectivity index (χ4n) is 6.67. The molecule has 7 heteroatoms. The van der Waals surface area contributed by atoms with Crippen molar-refractivity contribution in [1.82, 2.24) is 15.1 Å². The zero-order valence-corrected chi connectivity index (χ0v) is 20.5. The molecule has 1 N–H and O–H groups in total. The van der Waals surface area contributed by atoms with Crippen LogP contribution < -0.4 is 5.32 Å². The lowest BCUT2D eigenvalue weighted by Crippen LogP contribution is -2.52. The van der Waals surface area contributed by atoms with Crippen molar-refractivity contribution in [2.45, 2.75) is 76.4 Å². The van der Waals surface area contributed by atoms with Crippen LogP contribution in [0.25, 0.3) is 0 Å². The highest BCUT2D eigenvalue weighted by molar-refractivity contribution is 6.05. The Morgan fingerprint density at radius 3 is 2.56 bits per heavy atom. The Labute approximate surface area is 210 Å². The van der Waals surface area contributed by atoms with Crippen molar-refractivity contribution in [2.75, 3.05) is 13.1 Å². The van der Waals surface area contributed by atoms with Gasteiger partial charge in [0.05, 0.1) is 0 Å². The van der Waals surface area contributed by atoms with E-state index in [-0.39, 0.29) is 24.2 Å². The molecule has 0 saturated carbocycles. The third-order valence-electron chi connectivity index (χ3n) is 8.57. The molecule has 6 nitrogen and oxygen atoms in total. The summed E-state index contributed by atoms with van der Waals surface area (Å²) in [7, 11) is 0. The van der Waals surface area contributed by atoms with Gasteiger partial charge in [-0.2, -0.15) is 0 Å². The average Bonchev–Trinajstić information content (AvgIpc) is 3.20. The number of piperidine rings is 2. The second kappa shape index (κ2) is 9.43. The Hall–Kier alpha value is -3.06. The van der Waals surface area contributed by atoms with Crippen LogP contribution in [0.1, 0.15) is 82.6 Å². The predicted molar refractivity (Wildman–Crippen MR) is 133 cm³/mol. The highest BCUT2D eigenvalue weighted by Gasteiger charge is 2.41. The van der Waals surface area contributed by atoms with E-state index in [0.717, 1.165) is 43.6 Å². The van der Waals surface area contributed by atoms with Gasteiger partial charge in [0.2, 0.25) is 11.8 Å². The Morgan fingerprint density at radius 2 is 1.75 bits per heavy atom. The van der Waals surface area contributed by atoms with Gasteiger partial charge >= 0.3 is 0 Å². The maximum Gasteiger partial charge on any atom is 0.255 e. The number of hydrogen-bond acceptors (Lipinski definition) is 4. The molecule has 0 bridgehead atoms. The SMILES string of the molecule is O=C1CCC(N2Cc3c(cc(F)cc3C3CCN(Cc4cccc5c4CCCC5)CC3)C2=O)C(=O)N1. The van der Waals surface area contributed by atoms with Crippen LogP contribution in [-0.2, 0) is 35.5 Å². The number of carbonyl (C=O) groups is 3. The minimum atomic E-state index is -0.683. The lowest BCUT2D eigenvalue weighted by Gasteiger charge is -2.34. The summed E-state index contributed by atoms with van der Waals surface area (Å²) in [6, 6.07) is 8.94. The number of hydrogen-bond donors (Lipinski definition) is 1. The molecule has 3 heterocycles. The van der Waals surface area contributed by atoms with Gasteiger partial charge in [0.15, 0.2) is 0 Å². The molecule has 3 amide bonds. The van der Waals surface area contributed by atoms with Crippen molar-refractivity contribution < 1.29 is 18.8 Å². The molecule has 0 radical (unpaired) electrons. The van der Waals surface area contributed by atoms with Crippen LogP contribution in [0.3, 0.4) is 0 Å². The van der Waals surface area contributed by atoms with Gasteiger partial charge in [-0.15, -0.1) is 0 Å². The van der Waals surface area contributed by atoms with E-state index in [9.17, 15) is 18.8 Å². The van der Waals surface area contributed by atoms with Crippen LogP contribution >= 0.6 is 0 Å². The van der Waals surface area contributed by atoms with Gasteiger partial charge in [-0.05, 0) is 104 Å². The molecule has 1 aliphatic carbocycles. The summed E-state index contributed by atoms with van der Waals surface area (Å²) in [6.07, 6.45) is 7.26. The highest BCUT2D eigenvalue weighted by Crippen LogP contribution is 2.38. The van der Waals surface area contributed by atoms with Gasteiger partial charge in [-0.1, -0.05) is 18.2 Å². The van der Waals surface area contributed by atoms with E-state index in [1.165, 1.54) is 47.8 Å². The molecular weight excluding hydrogens is 457 g/mol. The van der Waals surface area contributed by atoms with E-state index in [1.807, 2.05) is 0 Å². The lowest BCUT2D eigenvalue weighted by molar-refractivity contribution is -0.136. The van der Waals surface area contributed by atoms with Crippen LogP contribution in [0.5, 0.6) is 0 Å². The Kier molecular flexibility index (Phi) is 6.12. The number of likely N-dealkylation sites (tertiary alicyclic amines) is 1. The first-order chi connectivity index (χ1) is 17.5. The molecular formula is C29H32FN3O3. The van der Waals surface area contributed by atoms with Crippen LogP contribution in [-0.4, -0.2) is 46.7 Å². The molecule has 1 unspecified atom stereocenters. The van der Waals surface area contributed by atoms with E-state index in [2.05, 4.69) is 28.4 Å². The van der Waals surface area contributed by atoms with Crippen LogP contribution in [0.15, 0.2) is 30.3 Å². The van der Waals surface area contributed by atoms with Crippen LogP contribution in [0.2, 0.25) is 0 Å². The summed E-state index contributed by atoms with van der Waals surface area (Å²) in [5.41, 5.74) is 6.62. The van der Waals surface area contributed by atoms with E-state index < -0.39 is 17.8 Å². The maximum atomic E-state index is 14.7. The van der Waals surface area contributed by atoms with E-state index in [0.29, 0.717) is 18.5 Å². The molecule has 2 fully saturated rings. The summed E-state index contributed by atoms with van der Waals surface area (Å²) in [5, 5.41) is 2.34. The average molecular weight is 490 g/mol. The number of rotatable bonds is 4. The second-order valence-corrected chi connectivity index (χ2v) is 10.7. The first kappa shape index (κ1) is 23.3. The zero-order chi connectivity index (χ0) is 24.8. The van der Waals surface area contributed by atoms with Crippen molar-refractivity contribution in [3.63, 3.8) is 0 Å². The monoisotopic (exact) mass is 489 g/mol. The molecule has 36 heavy (non-hydrogen) atoms. The van der Waals surface area contributed by atoms with E-state index in [1.54, 1.807) is 11.6 Å². The number of amides is 3. The van der Waals surface area contributed by atoms with Crippen molar-refractivity contribution in [3.05, 3.63) is 69.5 Å². The number of aryl methyl sites for hydroxylation is 1. The van der Waals surface area contributed by atoms with Crippen LogP contribution in [0, 0.1) is 5.82 Å². The molecule has 0 spiro atoms. The second-order valence-electron chi connectivity index (χ2n) is 10.7. The number of imide groups is 1. The summed E-state index contributed by atoms with van der Waals surface area (Å²) < 4.78 is 14.7. The topological polar surface area (TPSA) is 69.7 Å². The molecule has 4 aliphatic rings. The van der Waals surface area contributed by atoms with Crippen molar-refractivity contribution >= 4 is 17.7 Å². The molecule has 2 aromatic rings. The fourth-order valence-corrected chi connectivity index (χ4v) is 6.67. The third kappa shape index (κ3) is 4.23.